The maximum atomic E-state index is 10.9. The van der Waals surface area contributed by atoms with Crippen LogP contribution in [0.15, 0.2) is 22.9 Å². The summed E-state index contributed by atoms with van der Waals surface area (Å²) in [7, 11) is 2.85. The number of hydrogen-bond donors (Lipinski definition) is 0. The lowest BCUT2D eigenvalue weighted by Crippen LogP contribution is -1.97. The largest absolute Gasteiger partial charge is 0.496 e. The van der Waals surface area contributed by atoms with Crippen LogP contribution in [0.1, 0.15) is 5.56 Å². The van der Waals surface area contributed by atoms with E-state index >= 15 is 0 Å². The van der Waals surface area contributed by atoms with Gasteiger partial charge in [-0.1, -0.05) is 0 Å². The van der Waals surface area contributed by atoms with E-state index in [4.69, 9.17) is 4.74 Å². The van der Waals surface area contributed by atoms with E-state index in [9.17, 15) is 4.79 Å². The first-order chi connectivity index (χ1) is 6.27. The van der Waals surface area contributed by atoms with Crippen LogP contribution in [0.4, 0.5) is 0 Å². The van der Waals surface area contributed by atoms with E-state index in [0.29, 0.717) is 5.76 Å². The molecule has 0 saturated carbocycles. The predicted molar refractivity (Wildman–Crippen MR) is 51.3 cm³/mol. The van der Waals surface area contributed by atoms with E-state index in [2.05, 4.69) is 4.74 Å². The number of carbonyl (C=O) groups excluding carboxylic acids is 1. The molecule has 0 saturated heterocycles. The minimum atomic E-state index is -0.414. The molecular formula is C9H10O3S. The number of carbonyl (C=O) groups is 1. The summed E-state index contributed by atoms with van der Waals surface area (Å²) >= 11 is 1.55. The molecule has 0 aliphatic rings. The second kappa shape index (κ2) is 4.67. The highest BCUT2D eigenvalue weighted by Crippen LogP contribution is 2.17. The molecule has 0 fully saturated rings. The average Bonchev–Trinajstić information content (AvgIpc) is 2.66. The van der Waals surface area contributed by atoms with Gasteiger partial charge in [-0.25, -0.2) is 4.79 Å². The molecule has 0 spiro atoms. The fourth-order valence-electron chi connectivity index (χ4n) is 0.831. The lowest BCUT2D eigenvalue weighted by molar-refractivity contribution is -0.134. The van der Waals surface area contributed by atoms with E-state index in [-0.39, 0.29) is 0 Å². The van der Waals surface area contributed by atoms with E-state index in [1.807, 2.05) is 16.8 Å². The number of rotatable bonds is 3. The van der Waals surface area contributed by atoms with E-state index in [1.54, 1.807) is 11.3 Å². The number of thiophene rings is 1. The molecule has 0 atom stereocenters. The first kappa shape index (κ1) is 9.80. The maximum Gasteiger partial charge on any atom is 0.334 e. The van der Waals surface area contributed by atoms with Crippen LogP contribution in [0, 0.1) is 0 Å². The SMILES string of the molecule is COC(=O)/C=C(/OC)c1ccsc1. The summed E-state index contributed by atoms with van der Waals surface area (Å²) in [6.45, 7) is 0. The summed E-state index contributed by atoms with van der Waals surface area (Å²) in [4.78, 5) is 10.9. The van der Waals surface area contributed by atoms with Gasteiger partial charge in [0.25, 0.3) is 0 Å². The summed E-state index contributed by atoms with van der Waals surface area (Å²) < 4.78 is 9.52. The molecule has 70 valence electrons. The second-order valence-electron chi connectivity index (χ2n) is 2.25. The molecule has 0 radical (unpaired) electrons. The normalized spacial score (nSPS) is 11.1. The first-order valence-corrected chi connectivity index (χ1v) is 4.58. The Kier molecular flexibility index (Phi) is 3.52. The van der Waals surface area contributed by atoms with Crippen molar-refractivity contribution in [1.29, 1.82) is 0 Å². The number of esters is 1. The molecule has 4 heteroatoms. The van der Waals surface area contributed by atoms with Crippen molar-refractivity contribution >= 4 is 23.1 Å². The van der Waals surface area contributed by atoms with E-state index < -0.39 is 5.97 Å². The summed E-state index contributed by atoms with van der Waals surface area (Å²) in [6.07, 6.45) is 1.32. The minimum absolute atomic E-state index is 0.414. The molecule has 0 aromatic carbocycles. The standard InChI is InChI=1S/C9H10O3S/c1-11-8(5-9(10)12-2)7-3-4-13-6-7/h3-6H,1-2H3/b8-5+. The predicted octanol–water partition coefficient (Wildman–Crippen LogP) is 1.91. The van der Waals surface area contributed by atoms with Gasteiger partial charge in [-0.15, -0.1) is 0 Å². The zero-order chi connectivity index (χ0) is 9.68. The minimum Gasteiger partial charge on any atom is -0.496 e. The zero-order valence-corrected chi connectivity index (χ0v) is 8.26. The van der Waals surface area contributed by atoms with Crippen LogP contribution in [-0.4, -0.2) is 20.2 Å². The molecule has 13 heavy (non-hydrogen) atoms. The third kappa shape index (κ3) is 2.59. The van der Waals surface area contributed by atoms with Crippen molar-refractivity contribution in [3.8, 4) is 0 Å². The monoisotopic (exact) mass is 198 g/mol. The quantitative estimate of drug-likeness (QED) is 0.423. The Morgan fingerprint density at radius 1 is 1.46 bits per heavy atom. The van der Waals surface area contributed by atoms with Crippen LogP contribution in [0.2, 0.25) is 0 Å². The molecule has 0 unspecified atom stereocenters. The van der Waals surface area contributed by atoms with Crippen molar-refractivity contribution in [2.75, 3.05) is 14.2 Å². The summed E-state index contributed by atoms with van der Waals surface area (Å²) in [5.74, 6) is 0.108. The van der Waals surface area contributed by atoms with Gasteiger partial charge in [-0.05, 0) is 11.4 Å². The van der Waals surface area contributed by atoms with Gasteiger partial charge < -0.3 is 9.47 Å². The van der Waals surface area contributed by atoms with Crippen LogP contribution in [0.5, 0.6) is 0 Å². The summed E-state index contributed by atoms with van der Waals surface area (Å²) in [5.41, 5.74) is 0.887. The van der Waals surface area contributed by atoms with Crippen molar-refractivity contribution in [2.24, 2.45) is 0 Å². The topological polar surface area (TPSA) is 35.5 Å². The highest BCUT2D eigenvalue weighted by Gasteiger charge is 2.04. The Hall–Kier alpha value is -1.29. The molecule has 0 bridgehead atoms. The molecule has 1 heterocycles. The van der Waals surface area contributed by atoms with Crippen molar-refractivity contribution in [1.82, 2.24) is 0 Å². The third-order valence-corrected chi connectivity index (χ3v) is 2.16. The highest BCUT2D eigenvalue weighted by molar-refractivity contribution is 7.08. The average molecular weight is 198 g/mol. The summed E-state index contributed by atoms with van der Waals surface area (Å²) in [5, 5.41) is 3.82. The van der Waals surface area contributed by atoms with E-state index in [0.717, 1.165) is 5.56 Å². The molecule has 0 N–H and O–H groups in total. The van der Waals surface area contributed by atoms with Crippen LogP contribution in [0.3, 0.4) is 0 Å². The molecule has 3 nitrogen and oxygen atoms in total. The maximum absolute atomic E-state index is 10.9. The van der Waals surface area contributed by atoms with Gasteiger partial charge in [0.15, 0.2) is 0 Å². The Morgan fingerprint density at radius 3 is 2.69 bits per heavy atom. The smallest absolute Gasteiger partial charge is 0.334 e. The fraction of sp³-hybridized carbons (Fsp3) is 0.222. The molecule has 0 aliphatic heterocycles. The second-order valence-corrected chi connectivity index (χ2v) is 3.03. The lowest BCUT2D eigenvalue weighted by atomic mass is 10.2. The van der Waals surface area contributed by atoms with Crippen molar-refractivity contribution in [3.63, 3.8) is 0 Å². The van der Waals surface area contributed by atoms with Crippen LogP contribution in [0.25, 0.3) is 5.76 Å². The van der Waals surface area contributed by atoms with Gasteiger partial charge in [-0.2, -0.15) is 11.3 Å². The van der Waals surface area contributed by atoms with Gasteiger partial charge in [0.1, 0.15) is 5.76 Å². The van der Waals surface area contributed by atoms with Gasteiger partial charge in [-0.3, -0.25) is 0 Å². The van der Waals surface area contributed by atoms with Gasteiger partial charge >= 0.3 is 5.97 Å². The summed E-state index contributed by atoms with van der Waals surface area (Å²) in [6, 6.07) is 1.88. The van der Waals surface area contributed by atoms with Gasteiger partial charge in [0.05, 0.1) is 20.3 Å². The molecular weight excluding hydrogens is 188 g/mol. The van der Waals surface area contributed by atoms with Crippen LogP contribution >= 0.6 is 11.3 Å². The Balaban J connectivity index is 2.85. The van der Waals surface area contributed by atoms with Gasteiger partial charge in [0.2, 0.25) is 0 Å². The van der Waals surface area contributed by atoms with Crippen LogP contribution < -0.4 is 0 Å². The Morgan fingerprint density at radius 2 is 2.23 bits per heavy atom. The number of methoxy groups -OCH3 is 2. The van der Waals surface area contributed by atoms with Gasteiger partial charge in [0, 0.05) is 10.9 Å². The molecule has 1 aromatic rings. The molecule has 1 rings (SSSR count). The zero-order valence-electron chi connectivity index (χ0n) is 7.44. The van der Waals surface area contributed by atoms with Crippen molar-refractivity contribution in [3.05, 3.63) is 28.5 Å². The van der Waals surface area contributed by atoms with Crippen molar-refractivity contribution in [2.45, 2.75) is 0 Å². The number of hydrogen-bond acceptors (Lipinski definition) is 4. The first-order valence-electron chi connectivity index (χ1n) is 3.64. The third-order valence-electron chi connectivity index (χ3n) is 1.48. The Bertz CT molecular complexity index is 301. The molecule has 0 aliphatic carbocycles. The lowest BCUT2D eigenvalue weighted by Gasteiger charge is -2.02. The van der Waals surface area contributed by atoms with Crippen molar-refractivity contribution < 1.29 is 14.3 Å². The number of ether oxygens (including phenoxy) is 2. The Labute approximate surface area is 80.6 Å². The molecule has 1 aromatic heterocycles. The van der Waals surface area contributed by atoms with Crippen LogP contribution in [-0.2, 0) is 14.3 Å². The highest BCUT2D eigenvalue weighted by atomic mass is 32.1. The fourth-order valence-corrected chi connectivity index (χ4v) is 1.48. The molecule has 0 amide bonds. The van der Waals surface area contributed by atoms with E-state index in [1.165, 1.54) is 20.3 Å².